The van der Waals surface area contributed by atoms with Crippen molar-refractivity contribution in [3.63, 3.8) is 0 Å². The summed E-state index contributed by atoms with van der Waals surface area (Å²) in [5.74, 6) is -0.189. The molecule has 36 heavy (non-hydrogen) atoms. The van der Waals surface area contributed by atoms with E-state index in [1.165, 1.54) is 28.8 Å². The van der Waals surface area contributed by atoms with Crippen molar-refractivity contribution in [2.45, 2.75) is 19.4 Å². The highest BCUT2D eigenvalue weighted by molar-refractivity contribution is 5.94. The van der Waals surface area contributed by atoms with Crippen LogP contribution in [0, 0.1) is 5.82 Å². The first kappa shape index (κ1) is 23.9. The van der Waals surface area contributed by atoms with Crippen LogP contribution in [0.25, 0.3) is 0 Å². The fourth-order valence-corrected chi connectivity index (χ4v) is 4.61. The van der Waals surface area contributed by atoms with E-state index >= 15 is 0 Å². The number of amides is 1. The lowest BCUT2D eigenvalue weighted by atomic mass is 10.0. The number of pyridine rings is 1. The molecular weight excluding hydrogens is 449 g/mol. The zero-order valence-corrected chi connectivity index (χ0v) is 20.3. The molecule has 1 fully saturated rings. The molecule has 0 atom stereocenters. The largest absolute Gasteiger partial charge is 0.336 e. The molecule has 0 radical (unpaired) electrons. The normalized spacial score (nSPS) is 14.1. The summed E-state index contributed by atoms with van der Waals surface area (Å²) in [6.45, 7) is 3.73. The Morgan fingerprint density at radius 2 is 1.31 bits per heavy atom. The van der Waals surface area contributed by atoms with Crippen LogP contribution in [0.3, 0.4) is 0 Å². The van der Waals surface area contributed by atoms with Gasteiger partial charge < -0.3 is 4.90 Å². The zero-order chi connectivity index (χ0) is 24.7. The summed E-state index contributed by atoms with van der Waals surface area (Å²) < 4.78 is 13.1. The average molecular weight is 480 g/mol. The molecule has 4 nitrogen and oxygen atoms in total. The summed E-state index contributed by atoms with van der Waals surface area (Å²) in [6.07, 6.45) is 3.37. The van der Waals surface area contributed by atoms with Gasteiger partial charge in [0.05, 0.1) is 5.56 Å². The minimum Gasteiger partial charge on any atom is -0.336 e. The lowest BCUT2D eigenvalue weighted by molar-refractivity contribution is 0.0628. The monoisotopic (exact) mass is 479 g/mol. The Labute approximate surface area is 212 Å². The van der Waals surface area contributed by atoms with E-state index in [4.69, 9.17) is 0 Å². The van der Waals surface area contributed by atoms with Crippen LogP contribution in [0.2, 0.25) is 0 Å². The van der Waals surface area contributed by atoms with Gasteiger partial charge in [-0.3, -0.25) is 14.7 Å². The maximum absolute atomic E-state index is 13.1. The number of rotatable bonds is 7. The standard InChI is InChI=1S/C31H30FN3O/c32-29-13-10-27(11-14-29)23-34-16-18-35(19-17-34)31(36)28-12-15-30(33-22-28)21-26-8-6-25(7-9-26)20-24-4-2-1-3-5-24/h1-15,22H,16-21,23H2. The van der Waals surface area contributed by atoms with Gasteiger partial charge in [-0.1, -0.05) is 66.7 Å². The predicted octanol–water partition coefficient (Wildman–Crippen LogP) is 5.36. The number of carbonyl (C=O) groups excluding carboxylic acids is 1. The molecule has 1 amide bonds. The van der Waals surface area contributed by atoms with Crippen molar-refractivity contribution in [3.8, 4) is 0 Å². The molecule has 0 unspecified atom stereocenters. The van der Waals surface area contributed by atoms with E-state index < -0.39 is 0 Å². The summed E-state index contributed by atoms with van der Waals surface area (Å²) >= 11 is 0. The van der Waals surface area contributed by atoms with Gasteiger partial charge in [0, 0.05) is 51.0 Å². The molecule has 5 heteroatoms. The van der Waals surface area contributed by atoms with Crippen LogP contribution in [0.1, 0.15) is 38.3 Å². The van der Waals surface area contributed by atoms with Gasteiger partial charge in [0.2, 0.25) is 0 Å². The van der Waals surface area contributed by atoms with E-state index in [-0.39, 0.29) is 11.7 Å². The molecule has 0 aliphatic carbocycles. The predicted molar refractivity (Wildman–Crippen MR) is 140 cm³/mol. The second kappa shape index (κ2) is 11.3. The molecule has 2 heterocycles. The first-order valence-electron chi connectivity index (χ1n) is 12.5. The van der Waals surface area contributed by atoms with Gasteiger partial charge in [-0.05, 0) is 52.9 Å². The molecule has 1 aromatic heterocycles. The Kier molecular flexibility index (Phi) is 7.48. The maximum Gasteiger partial charge on any atom is 0.255 e. The zero-order valence-electron chi connectivity index (χ0n) is 20.3. The summed E-state index contributed by atoms with van der Waals surface area (Å²) in [5, 5.41) is 0. The third-order valence-corrected chi connectivity index (χ3v) is 6.71. The lowest BCUT2D eigenvalue weighted by Crippen LogP contribution is -2.48. The van der Waals surface area contributed by atoms with Gasteiger partial charge in [-0.25, -0.2) is 4.39 Å². The van der Waals surface area contributed by atoms with Crippen LogP contribution in [-0.2, 0) is 19.4 Å². The Balaban J connectivity index is 1.12. The first-order chi connectivity index (χ1) is 17.6. The SMILES string of the molecule is O=C(c1ccc(Cc2ccc(Cc3ccccc3)cc2)nc1)N1CCN(Cc2ccc(F)cc2)CC1. The maximum atomic E-state index is 13.1. The van der Waals surface area contributed by atoms with E-state index in [1.54, 1.807) is 6.20 Å². The second-order valence-corrected chi connectivity index (χ2v) is 9.39. The Hall–Kier alpha value is -3.83. The second-order valence-electron chi connectivity index (χ2n) is 9.39. The molecular formula is C31H30FN3O. The van der Waals surface area contributed by atoms with Crippen molar-refractivity contribution in [3.05, 3.63) is 137 Å². The number of hydrogen-bond donors (Lipinski definition) is 0. The molecule has 1 aliphatic heterocycles. The van der Waals surface area contributed by atoms with Gasteiger partial charge in [0.25, 0.3) is 5.91 Å². The molecule has 4 aromatic rings. The molecule has 0 bridgehead atoms. The van der Waals surface area contributed by atoms with Crippen LogP contribution < -0.4 is 0 Å². The van der Waals surface area contributed by atoms with Crippen molar-refractivity contribution in [2.24, 2.45) is 0 Å². The minimum atomic E-state index is -0.217. The summed E-state index contributed by atoms with van der Waals surface area (Å²) in [5.41, 5.74) is 6.46. The van der Waals surface area contributed by atoms with Crippen LogP contribution in [0.15, 0.2) is 97.2 Å². The van der Waals surface area contributed by atoms with Gasteiger partial charge in [0.1, 0.15) is 5.82 Å². The molecule has 5 rings (SSSR count). The van der Waals surface area contributed by atoms with Crippen LogP contribution in [-0.4, -0.2) is 46.9 Å². The molecule has 3 aromatic carbocycles. The van der Waals surface area contributed by atoms with Gasteiger partial charge >= 0.3 is 0 Å². The fraction of sp³-hybridized carbons (Fsp3) is 0.226. The van der Waals surface area contributed by atoms with E-state index in [0.29, 0.717) is 18.7 Å². The molecule has 0 N–H and O–H groups in total. The summed E-state index contributed by atoms with van der Waals surface area (Å²) in [6, 6.07) is 29.6. The fourth-order valence-electron chi connectivity index (χ4n) is 4.61. The lowest BCUT2D eigenvalue weighted by Gasteiger charge is -2.34. The Morgan fingerprint density at radius 3 is 1.94 bits per heavy atom. The van der Waals surface area contributed by atoms with Crippen LogP contribution >= 0.6 is 0 Å². The molecule has 182 valence electrons. The van der Waals surface area contributed by atoms with Gasteiger partial charge in [-0.15, -0.1) is 0 Å². The van der Waals surface area contributed by atoms with E-state index in [1.807, 2.05) is 35.2 Å². The molecule has 0 saturated carbocycles. The van der Waals surface area contributed by atoms with Gasteiger partial charge in [0.15, 0.2) is 0 Å². The number of benzene rings is 3. The van der Waals surface area contributed by atoms with E-state index in [9.17, 15) is 9.18 Å². The summed E-state index contributed by atoms with van der Waals surface area (Å²) in [4.78, 5) is 21.7. The number of nitrogens with zero attached hydrogens (tertiary/aromatic N) is 3. The number of aromatic nitrogens is 1. The van der Waals surface area contributed by atoms with Crippen molar-refractivity contribution < 1.29 is 9.18 Å². The van der Waals surface area contributed by atoms with Crippen LogP contribution in [0.4, 0.5) is 4.39 Å². The Morgan fingerprint density at radius 1 is 0.694 bits per heavy atom. The topological polar surface area (TPSA) is 36.4 Å². The number of hydrogen-bond acceptors (Lipinski definition) is 3. The molecule has 1 aliphatic rings. The van der Waals surface area contributed by atoms with Crippen molar-refractivity contribution in [2.75, 3.05) is 26.2 Å². The number of carbonyl (C=O) groups is 1. The van der Waals surface area contributed by atoms with Crippen molar-refractivity contribution in [1.82, 2.24) is 14.8 Å². The third-order valence-electron chi connectivity index (χ3n) is 6.71. The van der Waals surface area contributed by atoms with Crippen molar-refractivity contribution in [1.29, 1.82) is 0 Å². The number of halogens is 1. The average Bonchev–Trinajstić information content (AvgIpc) is 2.92. The van der Waals surface area contributed by atoms with E-state index in [2.05, 4.69) is 58.4 Å². The first-order valence-corrected chi connectivity index (χ1v) is 12.5. The van der Waals surface area contributed by atoms with Crippen LogP contribution in [0.5, 0.6) is 0 Å². The molecule has 1 saturated heterocycles. The quantitative estimate of drug-likeness (QED) is 0.358. The third kappa shape index (κ3) is 6.23. The molecule has 0 spiro atoms. The Bertz CT molecular complexity index is 1260. The minimum absolute atomic E-state index is 0.0285. The highest BCUT2D eigenvalue weighted by Crippen LogP contribution is 2.15. The van der Waals surface area contributed by atoms with E-state index in [0.717, 1.165) is 43.7 Å². The van der Waals surface area contributed by atoms with Crippen molar-refractivity contribution >= 4 is 5.91 Å². The smallest absolute Gasteiger partial charge is 0.255 e. The highest BCUT2D eigenvalue weighted by Gasteiger charge is 2.22. The highest BCUT2D eigenvalue weighted by atomic mass is 19.1. The number of piperazine rings is 1. The summed E-state index contributed by atoms with van der Waals surface area (Å²) in [7, 11) is 0. The van der Waals surface area contributed by atoms with Gasteiger partial charge in [-0.2, -0.15) is 0 Å².